The molecule has 36 heavy (non-hydrogen) atoms. The summed E-state index contributed by atoms with van der Waals surface area (Å²) in [5.41, 5.74) is 2.28. The Morgan fingerprint density at radius 2 is 1.69 bits per heavy atom. The number of amides is 3. The quantitative estimate of drug-likeness (QED) is 0.477. The first-order valence-electron chi connectivity index (χ1n) is 11.9. The zero-order valence-corrected chi connectivity index (χ0v) is 20.9. The van der Waals surface area contributed by atoms with Gasteiger partial charge in [-0.1, -0.05) is 13.0 Å². The number of ether oxygens (including phenoxy) is 1. The van der Waals surface area contributed by atoms with Gasteiger partial charge in [0.1, 0.15) is 11.8 Å². The van der Waals surface area contributed by atoms with Crippen molar-refractivity contribution in [3.8, 4) is 5.75 Å². The van der Waals surface area contributed by atoms with Crippen molar-refractivity contribution in [2.75, 3.05) is 43.0 Å². The lowest BCUT2D eigenvalue weighted by atomic mass is 10.1. The lowest BCUT2D eigenvalue weighted by Gasteiger charge is -2.37. The Labute approximate surface area is 211 Å². The van der Waals surface area contributed by atoms with Crippen LogP contribution in [-0.4, -0.2) is 73.0 Å². The minimum atomic E-state index is -0.467. The third-order valence-corrected chi connectivity index (χ3v) is 5.57. The van der Waals surface area contributed by atoms with Crippen LogP contribution in [0.15, 0.2) is 48.5 Å². The van der Waals surface area contributed by atoms with E-state index in [1.54, 1.807) is 18.2 Å². The van der Waals surface area contributed by atoms with Crippen LogP contribution in [0, 0.1) is 0 Å². The molecule has 0 bridgehead atoms. The largest absolute Gasteiger partial charge is 0.494 e. The summed E-state index contributed by atoms with van der Waals surface area (Å²) >= 11 is 0. The summed E-state index contributed by atoms with van der Waals surface area (Å²) < 4.78 is 5.46. The Bertz CT molecular complexity index is 1020. The van der Waals surface area contributed by atoms with E-state index in [0.29, 0.717) is 56.2 Å². The van der Waals surface area contributed by atoms with Crippen LogP contribution < -0.4 is 20.3 Å². The molecule has 1 atom stereocenters. The zero-order valence-electron chi connectivity index (χ0n) is 20.9. The molecule has 194 valence electrons. The molecule has 3 rings (SSSR count). The van der Waals surface area contributed by atoms with Crippen molar-refractivity contribution in [3.63, 3.8) is 0 Å². The van der Waals surface area contributed by atoms with E-state index in [0.717, 1.165) is 5.69 Å². The predicted molar refractivity (Wildman–Crippen MR) is 137 cm³/mol. The number of benzene rings is 2. The first-order valence-corrected chi connectivity index (χ1v) is 11.9. The van der Waals surface area contributed by atoms with E-state index in [1.165, 1.54) is 6.92 Å². The molecule has 10 nitrogen and oxygen atoms in total. The van der Waals surface area contributed by atoms with E-state index in [1.807, 2.05) is 49.1 Å². The topological polar surface area (TPSA) is 128 Å². The summed E-state index contributed by atoms with van der Waals surface area (Å²) in [5, 5.41) is 12.5. The highest BCUT2D eigenvalue weighted by atomic mass is 16.5. The van der Waals surface area contributed by atoms with Crippen LogP contribution in [0.3, 0.4) is 0 Å². The molecule has 0 aliphatic carbocycles. The summed E-state index contributed by atoms with van der Waals surface area (Å²) in [7, 11) is 0. The van der Waals surface area contributed by atoms with Gasteiger partial charge in [-0.25, -0.2) is 0 Å². The van der Waals surface area contributed by atoms with Crippen molar-refractivity contribution >= 4 is 35.6 Å². The normalized spacial score (nSPS) is 13.5. The average Bonchev–Trinajstić information content (AvgIpc) is 2.88. The van der Waals surface area contributed by atoms with E-state index in [9.17, 15) is 14.4 Å². The number of anilines is 2. The van der Waals surface area contributed by atoms with Gasteiger partial charge in [-0.3, -0.25) is 19.2 Å². The standard InChI is InChI=1S/C25H32N4O4.CH2O2/c1-4-23(26-18(3)30)25(32)29-15-13-28(14-16-29)21-11-9-20(10-12-21)27-24(31)19-7-6-8-22(17-19)33-5-2;2-1-3/h6-12,17,23H,4-5,13-16H2,1-3H3,(H,26,30)(H,27,31);1H,(H,2,3). The van der Waals surface area contributed by atoms with Crippen molar-refractivity contribution in [2.24, 2.45) is 0 Å². The Kier molecular flexibility index (Phi) is 11.2. The van der Waals surface area contributed by atoms with Gasteiger partial charge in [0, 0.05) is 50.0 Å². The molecule has 10 heteroatoms. The van der Waals surface area contributed by atoms with Crippen molar-refractivity contribution < 1.29 is 29.0 Å². The fourth-order valence-corrected chi connectivity index (χ4v) is 3.84. The second kappa shape index (κ2) is 14.3. The predicted octanol–water partition coefficient (Wildman–Crippen LogP) is 2.60. The molecule has 3 N–H and O–H groups in total. The first-order chi connectivity index (χ1) is 17.3. The van der Waals surface area contributed by atoms with E-state index in [4.69, 9.17) is 14.6 Å². The van der Waals surface area contributed by atoms with Gasteiger partial charge in [0.05, 0.1) is 6.61 Å². The second-order valence-electron chi connectivity index (χ2n) is 8.04. The molecule has 2 aromatic rings. The molecule has 2 aromatic carbocycles. The number of hydrogen-bond acceptors (Lipinski definition) is 6. The van der Waals surface area contributed by atoms with Gasteiger partial charge in [0.2, 0.25) is 11.8 Å². The fraction of sp³-hybridized carbons (Fsp3) is 0.385. The molecular formula is C26H34N4O6. The number of piperazine rings is 1. The molecule has 1 saturated heterocycles. The third kappa shape index (κ3) is 8.30. The van der Waals surface area contributed by atoms with Crippen molar-refractivity contribution in [1.29, 1.82) is 0 Å². The number of carbonyl (C=O) groups excluding carboxylic acids is 3. The Hall–Kier alpha value is -4.08. The highest BCUT2D eigenvalue weighted by molar-refractivity contribution is 6.04. The van der Waals surface area contributed by atoms with Crippen LogP contribution >= 0.6 is 0 Å². The lowest BCUT2D eigenvalue weighted by Crippen LogP contribution is -2.54. The molecule has 1 heterocycles. The van der Waals surface area contributed by atoms with Crippen molar-refractivity contribution in [3.05, 3.63) is 54.1 Å². The van der Waals surface area contributed by atoms with Gasteiger partial charge >= 0.3 is 0 Å². The monoisotopic (exact) mass is 498 g/mol. The Morgan fingerprint density at radius 3 is 2.25 bits per heavy atom. The highest BCUT2D eigenvalue weighted by Crippen LogP contribution is 2.21. The minimum absolute atomic E-state index is 0.0289. The number of nitrogens with one attached hydrogen (secondary N) is 2. The SMILES string of the molecule is CCOc1cccc(C(=O)Nc2ccc(N3CCN(C(=O)C(CC)NC(C)=O)CC3)cc2)c1.O=CO. The zero-order chi connectivity index (χ0) is 26.5. The lowest BCUT2D eigenvalue weighted by molar-refractivity contribution is -0.136. The highest BCUT2D eigenvalue weighted by Gasteiger charge is 2.27. The third-order valence-electron chi connectivity index (χ3n) is 5.57. The van der Waals surface area contributed by atoms with Gasteiger partial charge in [-0.15, -0.1) is 0 Å². The maximum atomic E-state index is 12.7. The summed E-state index contributed by atoms with van der Waals surface area (Å²) in [6.07, 6.45) is 0.571. The maximum absolute atomic E-state index is 12.7. The van der Waals surface area contributed by atoms with Gasteiger partial charge in [0.25, 0.3) is 12.4 Å². The number of carbonyl (C=O) groups is 4. The van der Waals surface area contributed by atoms with E-state index in [-0.39, 0.29) is 24.2 Å². The summed E-state index contributed by atoms with van der Waals surface area (Å²) in [5.74, 6) is 0.253. The summed E-state index contributed by atoms with van der Waals surface area (Å²) in [6.45, 7) is 8.13. The summed E-state index contributed by atoms with van der Waals surface area (Å²) in [4.78, 5) is 49.0. The molecule has 0 radical (unpaired) electrons. The minimum Gasteiger partial charge on any atom is -0.494 e. The van der Waals surface area contributed by atoms with Gasteiger partial charge in [0.15, 0.2) is 0 Å². The molecular weight excluding hydrogens is 464 g/mol. The van der Waals surface area contributed by atoms with E-state index in [2.05, 4.69) is 15.5 Å². The smallest absolute Gasteiger partial charge is 0.290 e. The van der Waals surface area contributed by atoms with Crippen LogP contribution in [0.4, 0.5) is 11.4 Å². The second-order valence-corrected chi connectivity index (χ2v) is 8.04. The molecule has 3 amide bonds. The van der Waals surface area contributed by atoms with Crippen LogP contribution in [0.5, 0.6) is 5.75 Å². The van der Waals surface area contributed by atoms with Crippen molar-refractivity contribution in [1.82, 2.24) is 10.2 Å². The van der Waals surface area contributed by atoms with E-state index < -0.39 is 6.04 Å². The first kappa shape index (κ1) is 28.2. The van der Waals surface area contributed by atoms with Crippen LogP contribution in [0.25, 0.3) is 0 Å². The number of nitrogens with zero attached hydrogens (tertiary/aromatic N) is 2. The average molecular weight is 499 g/mol. The Morgan fingerprint density at radius 1 is 1.06 bits per heavy atom. The van der Waals surface area contributed by atoms with Crippen molar-refractivity contribution in [2.45, 2.75) is 33.2 Å². The van der Waals surface area contributed by atoms with Gasteiger partial charge in [-0.05, 0) is 55.8 Å². The molecule has 1 aliphatic heterocycles. The molecule has 0 saturated carbocycles. The van der Waals surface area contributed by atoms with Crippen LogP contribution in [-0.2, 0) is 14.4 Å². The molecule has 0 spiro atoms. The molecule has 0 aromatic heterocycles. The van der Waals surface area contributed by atoms with Crippen LogP contribution in [0.1, 0.15) is 37.6 Å². The number of carboxylic acid groups (broad SMARTS) is 1. The summed E-state index contributed by atoms with van der Waals surface area (Å²) in [6, 6.07) is 14.3. The molecule has 1 unspecified atom stereocenters. The maximum Gasteiger partial charge on any atom is 0.290 e. The van der Waals surface area contributed by atoms with Crippen LogP contribution in [0.2, 0.25) is 0 Å². The van der Waals surface area contributed by atoms with E-state index >= 15 is 0 Å². The number of hydrogen-bond donors (Lipinski definition) is 3. The molecule has 1 aliphatic rings. The Balaban J connectivity index is 0.00000145. The number of rotatable bonds is 8. The van der Waals surface area contributed by atoms with Gasteiger partial charge < -0.3 is 30.3 Å². The fourth-order valence-electron chi connectivity index (χ4n) is 3.84. The molecule has 1 fully saturated rings. The van der Waals surface area contributed by atoms with Gasteiger partial charge in [-0.2, -0.15) is 0 Å².